The van der Waals surface area contributed by atoms with Gasteiger partial charge >= 0.3 is 0 Å². The summed E-state index contributed by atoms with van der Waals surface area (Å²) in [6.45, 7) is 1.92. The molecule has 0 unspecified atom stereocenters. The molecule has 2 aliphatic rings. The molecule has 7 heteroatoms. The van der Waals surface area contributed by atoms with Crippen LogP contribution in [0.25, 0.3) is 0 Å². The Morgan fingerprint density at radius 3 is 2.71 bits per heavy atom. The van der Waals surface area contributed by atoms with E-state index in [2.05, 4.69) is 0 Å². The monoisotopic (exact) mass is 405 g/mol. The minimum atomic E-state index is -0.640. The maximum absolute atomic E-state index is 13.8. The molecule has 0 spiro atoms. The first-order valence-corrected chi connectivity index (χ1v) is 10.4. The Morgan fingerprint density at radius 2 is 1.89 bits per heavy atom. The molecule has 1 saturated heterocycles. The van der Waals surface area contributed by atoms with Crippen molar-refractivity contribution in [1.82, 2.24) is 4.90 Å². The molecule has 28 heavy (non-hydrogen) atoms. The summed E-state index contributed by atoms with van der Waals surface area (Å²) in [5.74, 6) is 0.254. The van der Waals surface area contributed by atoms with Crippen molar-refractivity contribution in [2.24, 2.45) is 0 Å². The summed E-state index contributed by atoms with van der Waals surface area (Å²) in [6, 6.07) is 9.23. The third-order valence-electron chi connectivity index (χ3n) is 4.97. The highest BCUT2D eigenvalue weighted by atomic mass is 32.2. The molecule has 4 nitrogen and oxygen atoms in total. The number of amides is 1. The maximum Gasteiger partial charge on any atom is 0.233 e. The molecular formula is C21H21F2NO3S. The predicted molar refractivity (Wildman–Crippen MR) is 103 cm³/mol. The van der Waals surface area contributed by atoms with Crippen molar-refractivity contribution in [2.45, 2.75) is 30.2 Å². The molecule has 0 saturated carbocycles. The average molecular weight is 405 g/mol. The molecular weight excluding hydrogens is 384 g/mol. The van der Waals surface area contributed by atoms with Gasteiger partial charge in [-0.15, -0.1) is 11.8 Å². The zero-order valence-corrected chi connectivity index (χ0v) is 16.1. The molecule has 0 N–H and O–H groups in total. The number of carbonyl (C=O) groups is 1. The van der Waals surface area contributed by atoms with Crippen LogP contribution in [0.15, 0.2) is 41.3 Å². The third-order valence-corrected chi connectivity index (χ3v) is 6.01. The summed E-state index contributed by atoms with van der Waals surface area (Å²) >= 11 is 1.10. The molecule has 1 amide bonds. The summed E-state index contributed by atoms with van der Waals surface area (Å²) < 4.78 is 38.3. The Balaban J connectivity index is 1.45. The number of fused-ring (bicyclic) bond motifs is 1. The predicted octanol–water partition coefficient (Wildman–Crippen LogP) is 4.58. The van der Waals surface area contributed by atoms with Crippen LogP contribution in [-0.2, 0) is 4.79 Å². The number of thioether (sulfide) groups is 1. The van der Waals surface area contributed by atoms with Crippen molar-refractivity contribution in [2.75, 3.05) is 25.5 Å². The largest absolute Gasteiger partial charge is 0.490 e. The number of ether oxygens (including phenoxy) is 2. The number of likely N-dealkylation sites (tertiary alicyclic amines) is 1. The van der Waals surface area contributed by atoms with Crippen molar-refractivity contribution in [1.29, 1.82) is 0 Å². The van der Waals surface area contributed by atoms with Gasteiger partial charge in [-0.3, -0.25) is 4.79 Å². The van der Waals surface area contributed by atoms with Gasteiger partial charge in [0.05, 0.1) is 25.0 Å². The molecule has 1 atom stereocenters. The van der Waals surface area contributed by atoms with E-state index in [1.807, 2.05) is 23.1 Å². The van der Waals surface area contributed by atoms with Gasteiger partial charge in [0.25, 0.3) is 0 Å². The van der Waals surface area contributed by atoms with E-state index in [1.165, 1.54) is 12.1 Å². The number of carbonyl (C=O) groups excluding carboxylic acids is 1. The minimum Gasteiger partial charge on any atom is -0.490 e. The Morgan fingerprint density at radius 1 is 1.07 bits per heavy atom. The van der Waals surface area contributed by atoms with E-state index < -0.39 is 11.6 Å². The Kier molecular flexibility index (Phi) is 5.71. The standard InChI is InChI=1S/C21H21F2NO3S/c22-15-5-7-20(16(23)12-15)28-13-21(25)24-8-1-3-17(24)14-4-6-18-19(11-14)27-10-2-9-26-18/h4-7,11-12,17H,1-3,8-10,13H2/t17-/m1/s1. The van der Waals surface area contributed by atoms with Crippen molar-refractivity contribution < 1.29 is 23.0 Å². The van der Waals surface area contributed by atoms with Crippen LogP contribution in [0.1, 0.15) is 30.9 Å². The van der Waals surface area contributed by atoms with Crippen molar-refractivity contribution in [3.05, 3.63) is 53.6 Å². The van der Waals surface area contributed by atoms with E-state index >= 15 is 0 Å². The second-order valence-electron chi connectivity index (χ2n) is 6.87. The van der Waals surface area contributed by atoms with Gasteiger partial charge < -0.3 is 14.4 Å². The number of hydrogen-bond donors (Lipinski definition) is 0. The highest BCUT2D eigenvalue weighted by Crippen LogP contribution is 2.38. The summed E-state index contributed by atoms with van der Waals surface area (Å²) in [4.78, 5) is 14.9. The highest BCUT2D eigenvalue weighted by molar-refractivity contribution is 8.00. The Labute approximate surface area is 166 Å². The van der Waals surface area contributed by atoms with E-state index in [-0.39, 0.29) is 22.6 Å². The molecule has 2 aliphatic heterocycles. The zero-order chi connectivity index (χ0) is 19.5. The average Bonchev–Trinajstić information content (AvgIpc) is 3.06. The van der Waals surface area contributed by atoms with Crippen LogP contribution in [-0.4, -0.2) is 36.3 Å². The second kappa shape index (κ2) is 8.39. The lowest BCUT2D eigenvalue weighted by molar-refractivity contribution is -0.129. The number of hydrogen-bond acceptors (Lipinski definition) is 4. The van der Waals surface area contributed by atoms with Crippen molar-refractivity contribution in [3.63, 3.8) is 0 Å². The SMILES string of the molecule is O=C(CSc1ccc(F)cc1F)N1CCC[C@@H]1c1ccc2c(c1)OCCCO2. The number of nitrogens with zero attached hydrogens (tertiary/aromatic N) is 1. The van der Waals surface area contributed by atoms with Gasteiger partial charge in [-0.2, -0.15) is 0 Å². The molecule has 0 bridgehead atoms. The highest BCUT2D eigenvalue weighted by Gasteiger charge is 2.30. The van der Waals surface area contributed by atoms with Crippen LogP contribution < -0.4 is 9.47 Å². The summed E-state index contributed by atoms with van der Waals surface area (Å²) in [6.07, 6.45) is 2.64. The molecule has 0 radical (unpaired) electrons. The van der Waals surface area contributed by atoms with Gasteiger partial charge in [-0.05, 0) is 42.7 Å². The number of halogens is 2. The van der Waals surface area contributed by atoms with Crippen molar-refractivity contribution in [3.8, 4) is 11.5 Å². The molecule has 2 aromatic rings. The number of rotatable bonds is 4. The summed E-state index contributed by atoms with van der Waals surface area (Å²) in [5.41, 5.74) is 1.02. The van der Waals surface area contributed by atoms with E-state index in [4.69, 9.17) is 9.47 Å². The summed E-state index contributed by atoms with van der Waals surface area (Å²) in [5, 5.41) is 0. The first-order valence-electron chi connectivity index (χ1n) is 9.39. The van der Waals surface area contributed by atoms with E-state index in [0.717, 1.165) is 54.2 Å². The molecule has 4 rings (SSSR count). The molecule has 0 aromatic heterocycles. The fraction of sp³-hybridized carbons (Fsp3) is 0.381. The van der Waals surface area contributed by atoms with Gasteiger partial charge in [0.2, 0.25) is 5.91 Å². The first-order chi connectivity index (χ1) is 13.6. The Hall–Kier alpha value is -2.28. The van der Waals surface area contributed by atoms with Crippen LogP contribution in [0.4, 0.5) is 8.78 Å². The van der Waals surface area contributed by atoms with Gasteiger partial charge in [-0.25, -0.2) is 8.78 Å². The van der Waals surface area contributed by atoms with E-state index in [1.54, 1.807) is 0 Å². The fourth-order valence-corrected chi connectivity index (χ4v) is 4.42. The van der Waals surface area contributed by atoms with Gasteiger partial charge in [0, 0.05) is 23.9 Å². The Bertz CT molecular complexity index is 877. The van der Waals surface area contributed by atoms with Crippen LogP contribution in [0.3, 0.4) is 0 Å². The number of benzene rings is 2. The third kappa shape index (κ3) is 4.09. The topological polar surface area (TPSA) is 38.8 Å². The van der Waals surface area contributed by atoms with Gasteiger partial charge in [0.1, 0.15) is 11.6 Å². The molecule has 2 heterocycles. The first kappa shape index (κ1) is 19.1. The van der Waals surface area contributed by atoms with E-state index in [9.17, 15) is 13.6 Å². The molecule has 148 valence electrons. The quantitative estimate of drug-likeness (QED) is 0.698. The van der Waals surface area contributed by atoms with Gasteiger partial charge in [-0.1, -0.05) is 6.07 Å². The fourth-order valence-electron chi connectivity index (χ4n) is 3.61. The smallest absolute Gasteiger partial charge is 0.233 e. The zero-order valence-electron chi connectivity index (χ0n) is 15.3. The van der Waals surface area contributed by atoms with Crippen LogP contribution >= 0.6 is 11.8 Å². The lowest BCUT2D eigenvalue weighted by Gasteiger charge is -2.25. The molecule has 1 fully saturated rings. The van der Waals surface area contributed by atoms with Gasteiger partial charge in [0.15, 0.2) is 11.5 Å². The summed E-state index contributed by atoms with van der Waals surface area (Å²) in [7, 11) is 0. The van der Waals surface area contributed by atoms with E-state index in [0.29, 0.717) is 19.8 Å². The van der Waals surface area contributed by atoms with Crippen LogP contribution in [0.5, 0.6) is 11.5 Å². The molecule has 0 aliphatic carbocycles. The van der Waals surface area contributed by atoms with Crippen molar-refractivity contribution >= 4 is 17.7 Å². The minimum absolute atomic E-state index is 0.0247. The maximum atomic E-state index is 13.8. The van der Waals surface area contributed by atoms with Crippen LogP contribution in [0.2, 0.25) is 0 Å². The lowest BCUT2D eigenvalue weighted by Crippen LogP contribution is -2.32. The molecule has 2 aromatic carbocycles. The lowest BCUT2D eigenvalue weighted by atomic mass is 10.0. The van der Waals surface area contributed by atoms with Crippen LogP contribution in [0, 0.1) is 11.6 Å². The second-order valence-corrected chi connectivity index (χ2v) is 7.88. The normalized spacial score (nSPS) is 18.8.